The third-order valence-corrected chi connectivity index (χ3v) is 4.49. The molecule has 3 N–H and O–H groups in total. The van der Waals surface area contributed by atoms with Gasteiger partial charge in [-0.05, 0) is 37.1 Å². The molecule has 2 unspecified atom stereocenters. The number of rotatable bonds is 7. The Morgan fingerprint density at radius 1 is 1.07 bits per heavy atom. The number of benzene rings is 2. The van der Waals surface area contributed by atoms with Gasteiger partial charge in [-0.3, -0.25) is 9.59 Å². The Bertz CT molecular complexity index is 865. The van der Waals surface area contributed by atoms with Gasteiger partial charge in [0.1, 0.15) is 5.82 Å². The molecule has 6 nitrogen and oxygen atoms in total. The molecule has 0 fully saturated rings. The lowest BCUT2D eigenvalue weighted by Crippen LogP contribution is -2.50. The lowest BCUT2D eigenvalue weighted by atomic mass is 9.91. The van der Waals surface area contributed by atoms with Crippen molar-refractivity contribution in [3.8, 4) is 0 Å². The van der Waals surface area contributed by atoms with E-state index in [0.717, 1.165) is 23.3 Å². The molecule has 0 aliphatic heterocycles. The SMILES string of the molecule is CC(=O)NC(CC(=O)NC(C)(C(=O)O)c1ccc(F)cc1)c1ccc(C)cc1. The van der Waals surface area contributed by atoms with Crippen molar-refractivity contribution in [3.05, 3.63) is 71.0 Å². The first-order chi connectivity index (χ1) is 13.1. The first-order valence-electron chi connectivity index (χ1n) is 8.76. The highest BCUT2D eigenvalue weighted by Crippen LogP contribution is 2.24. The summed E-state index contributed by atoms with van der Waals surface area (Å²) in [5, 5.41) is 14.9. The van der Waals surface area contributed by atoms with Gasteiger partial charge in [0, 0.05) is 6.92 Å². The summed E-state index contributed by atoms with van der Waals surface area (Å²) in [6.07, 6.45) is -0.146. The molecule has 2 atom stereocenters. The molecule has 0 aromatic heterocycles. The van der Waals surface area contributed by atoms with Crippen LogP contribution < -0.4 is 10.6 Å². The minimum absolute atomic E-state index is 0.146. The molecule has 0 saturated carbocycles. The van der Waals surface area contributed by atoms with Crippen LogP contribution in [0.2, 0.25) is 0 Å². The first-order valence-corrected chi connectivity index (χ1v) is 8.76. The summed E-state index contributed by atoms with van der Waals surface area (Å²) in [4.78, 5) is 36.0. The zero-order valence-electron chi connectivity index (χ0n) is 16.0. The van der Waals surface area contributed by atoms with Crippen LogP contribution in [0.25, 0.3) is 0 Å². The topological polar surface area (TPSA) is 95.5 Å². The molecular formula is C21H23FN2O4. The number of aliphatic carboxylic acids is 1. The van der Waals surface area contributed by atoms with Crippen molar-refractivity contribution < 1.29 is 23.9 Å². The highest BCUT2D eigenvalue weighted by atomic mass is 19.1. The minimum atomic E-state index is -1.74. The summed E-state index contributed by atoms with van der Waals surface area (Å²) < 4.78 is 13.2. The molecule has 0 aliphatic rings. The van der Waals surface area contributed by atoms with Crippen molar-refractivity contribution in [1.82, 2.24) is 10.6 Å². The average molecular weight is 386 g/mol. The van der Waals surface area contributed by atoms with Crippen LogP contribution in [0, 0.1) is 12.7 Å². The molecule has 2 rings (SSSR count). The van der Waals surface area contributed by atoms with Crippen LogP contribution in [-0.2, 0) is 19.9 Å². The molecule has 2 aromatic rings. The fourth-order valence-corrected chi connectivity index (χ4v) is 2.84. The van der Waals surface area contributed by atoms with Gasteiger partial charge in [-0.25, -0.2) is 9.18 Å². The smallest absolute Gasteiger partial charge is 0.333 e. The number of aryl methyl sites for hydroxylation is 1. The summed E-state index contributed by atoms with van der Waals surface area (Å²) in [7, 11) is 0. The van der Waals surface area contributed by atoms with Gasteiger partial charge in [-0.1, -0.05) is 42.0 Å². The second kappa shape index (κ2) is 8.65. The molecule has 2 amide bonds. The summed E-state index contributed by atoms with van der Waals surface area (Å²) in [5.74, 6) is -2.65. The highest BCUT2D eigenvalue weighted by Gasteiger charge is 2.37. The van der Waals surface area contributed by atoms with Crippen LogP contribution in [0.15, 0.2) is 48.5 Å². The van der Waals surface area contributed by atoms with E-state index in [2.05, 4.69) is 10.6 Å². The van der Waals surface area contributed by atoms with Gasteiger partial charge in [0.05, 0.1) is 12.5 Å². The van der Waals surface area contributed by atoms with Crippen LogP contribution in [0.4, 0.5) is 4.39 Å². The highest BCUT2D eigenvalue weighted by molar-refractivity contribution is 5.88. The largest absolute Gasteiger partial charge is 0.479 e. The summed E-state index contributed by atoms with van der Waals surface area (Å²) in [6.45, 7) is 4.60. The molecule has 148 valence electrons. The average Bonchev–Trinajstić information content (AvgIpc) is 2.61. The van der Waals surface area contributed by atoms with E-state index in [-0.39, 0.29) is 17.9 Å². The van der Waals surface area contributed by atoms with E-state index in [0.29, 0.717) is 0 Å². The predicted molar refractivity (Wildman–Crippen MR) is 102 cm³/mol. The molecule has 0 bridgehead atoms. The van der Waals surface area contributed by atoms with Gasteiger partial charge in [0.25, 0.3) is 0 Å². The fourth-order valence-electron chi connectivity index (χ4n) is 2.84. The zero-order valence-corrected chi connectivity index (χ0v) is 16.0. The number of hydrogen-bond acceptors (Lipinski definition) is 3. The van der Waals surface area contributed by atoms with Gasteiger partial charge in [0.15, 0.2) is 5.54 Å². The number of carbonyl (C=O) groups excluding carboxylic acids is 2. The number of amides is 2. The van der Waals surface area contributed by atoms with E-state index >= 15 is 0 Å². The number of nitrogens with one attached hydrogen (secondary N) is 2. The Morgan fingerprint density at radius 2 is 1.64 bits per heavy atom. The maximum atomic E-state index is 13.2. The first kappa shape index (κ1) is 21.1. The fraction of sp³-hybridized carbons (Fsp3) is 0.286. The molecule has 2 aromatic carbocycles. The lowest BCUT2D eigenvalue weighted by molar-refractivity contribution is -0.147. The number of carbonyl (C=O) groups is 3. The van der Waals surface area contributed by atoms with E-state index in [4.69, 9.17) is 0 Å². The van der Waals surface area contributed by atoms with Crippen LogP contribution in [-0.4, -0.2) is 22.9 Å². The Kier molecular flexibility index (Phi) is 6.51. The van der Waals surface area contributed by atoms with Crippen molar-refractivity contribution >= 4 is 17.8 Å². The van der Waals surface area contributed by atoms with E-state index < -0.39 is 29.3 Å². The lowest BCUT2D eigenvalue weighted by Gasteiger charge is -2.28. The van der Waals surface area contributed by atoms with Crippen molar-refractivity contribution in [2.24, 2.45) is 0 Å². The molecule has 28 heavy (non-hydrogen) atoms. The third kappa shape index (κ3) is 5.16. The quantitative estimate of drug-likeness (QED) is 0.682. The van der Waals surface area contributed by atoms with Gasteiger partial charge in [-0.2, -0.15) is 0 Å². The molecule has 7 heteroatoms. The van der Waals surface area contributed by atoms with Crippen molar-refractivity contribution in [2.75, 3.05) is 0 Å². The van der Waals surface area contributed by atoms with Gasteiger partial charge in [0.2, 0.25) is 11.8 Å². The van der Waals surface area contributed by atoms with Gasteiger partial charge in [-0.15, -0.1) is 0 Å². The molecule has 0 heterocycles. The standard InChI is InChI=1S/C21H23FN2O4/c1-13-4-6-15(7-5-13)18(23-14(2)25)12-19(26)24-21(3,20(27)28)16-8-10-17(22)11-9-16/h4-11,18H,12H2,1-3H3,(H,23,25)(H,24,26)(H,27,28). The predicted octanol–water partition coefficient (Wildman–Crippen LogP) is 2.82. The Labute approximate surface area is 162 Å². The Hall–Kier alpha value is -3.22. The number of hydrogen-bond donors (Lipinski definition) is 3. The summed E-state index contributed by atoms with van der Waals surface area (Å²) in [5.41, 5.74) is 0.263. The minimum Gasteiger partial charge on any atom is -0.479 e. The van der Waals surface area contributed by atoms with Crippen LogP contribution in [0.1, 0.15) is 43.0 Å². The van der Waals surface area contributed by atoms with Crippen molar-refractivity contribution in [2.45, 2.75) is 38.8 Å². The normalized spacial score (nSPS) is 13.9. The van der Waals surface area contributed by atoms with Crippen LogP contribution >= 0.6 is 0 Å². The van der Waals surface area contributed by atoms with Crippen LogP contribution in [0.3, 0.4) is 0 Å². The van der Waals surface area contributed by atoms with Gasteiger partial charge < -0.3 is 15.7 Å². The summed E-state index contributed by atoms with van der Waals surface area (Å²) >= 11 is 0. The third-order valence-electron chi connectivity index (χ3n) is 4.49. The maximum absolute atomic E-state index is 13.2. The second-order valence-corrected chi connectivity index (χ2v) is 6.85. The van der Waals surface area contributed by atoms with E-state index in [1.165, 1.54) is 26.0 Å². The van der Waals surface area contributed by atoms with Crippen LogP contribution in [0.5, 0.6) is 0 Å². The zero-order chi connectivity index (χ0) is 20.9. The number of carboxylic acid groups (broad SMARTS) is 1. The summed E-state index contributed by atoms with van der Waals surface area (Å²) in [6, 6.07) is 11.6. The molecule has 0 saturated heterocycles. The van der Waals surface area contributed by atoms with Gasteiger partial charge >= 0.3 is 5.97 Å². The Balaban J connectivity index is 2.23. The molecule has 0 radical (unpaired) electrons. The van der Waals surface area contributed by atoms with E-state index in [1.807, 2.05) is 19.1 Å². The molecule has 0 aliphatic carbocycles. The Morgan fingerprint density at radius 3 is 2.14 bits per heavy atom. The van der Waals surface area contributed by atoms with E-state index in [1.54, 1.807) is 12.1 Å². The number of carboxylic acids is 1. The van der Waals surface area contributed by atoms with Crippen molar-refractivity contribution in [1.29, 1.82) is 0 Å². The number of halogens is 1. The molecule has 0 spiro atoms. The molecular weight excluding hydrogens is 363 g/mol. The maximum Gasteiger partial charge on any atom is 0.333 e. The van der Waals surface area contributed by atoms with E-state index in [9.17, 15) is 23.9 Å². The van der Waals surface area contributed by atoms with Crippen molar-refractivity contribution in [3.63, 3.8) is 0 Å². The second-order valence-electron chi connectivity index (χ2n) is 6.85. The monoisotopic (exact) mass is 386 g/mol.